The number of pyridine rings is 1. The molecule has 2 heterocycles. The molecule has 0 unspecified atom stereocenters. The summed E-state index contributed by atoms with van der Waals surface area (Å²) in [5.74, 6) is -0.426. The lowest BCUT2D eigenvalue weighted by molar-refractivity contribution is 0.569. The third-order valence-corrected chi connectivity index (χ3v) is 2.13. The van der Waals surface area contributed by atoms with E-state index in [0.29, 0.717) is 0 Å². The van der Waals surface area contributed by atoms with E-state index in [0.717, 1.165) is 31.9 Å². The molecule has 0 N–H and O–H groups in total. The Morgan fingerprint density at radius 1 is 1.23 bits per heavy atom. The van der Waals surface area contributed by atoms with Gasteiger partial charge in [0.05, 0.1) is 11.9 Å². The molecule has 69 valence electrons. The van der Waals surface area contributed by atoms with Crippen molar-refractivity contribution in [2.75, 3.05) is 31.1 Å². The van der Waals surface area contributed by atoms with Gasteiger partial charge in [0.25, 0.3) is 0 Å². The molecule has 1 fully saturated rings. The van der Waals surface area contributed by atoms with Crippen LogP contribution in [0.25, 0.3) is 0 Å². The number of piperazine rings is 1. The van der Waals surface area contributed by atoms with E-state index in [-0.39, 0.29) is 0 Å². The lowest BCUT2D eigenvalue weighted by Gasteiger charge is -2.28. The van der Waals surface area contributed by atoms with Crippen molar-refractivity contribution in [2.45, 2.75) is 0 Å². The van der Waals surface area contributed by atoms with Crippen LogP contribution >= 0.6 is 0 Å². The Bertz CT molecular complexity index is 267. The standard InChI is InChI=1S/C9H11FN3/c10-9-2-1-8(7-12-9)13-5-3-11-4-6-13/h1-2,7H,3-6H2. The minimum absolute atomic E-state index is 0.426. The Morgan fingerprint density at radius 2 is 2.00 bits per heavy atom. The summed E-state index contributed by atoms with van der Waals surface area (Å²) < 4.78 is 12.5. The van der Waals surface area contributed by atoms with E-state index in [1.807, 2.05) is 0 Å². The van der Waals surface area contributed by atoms with E-state index in [4.69, 9.17) is 0 Å². The van der Waals surface area contributed by atoms with Crippen LogP contribution in [0.3, 0.4) is 0 Å². The maximum Gasteiger partial charge on any atom is 0.212 e. The van der Waals surface area contributed by atoms with E-state index in [1.165, 1.54) is 6.07 Å². The van der Waals surface area contributed by atoms with Gasteiger partial charge in [-0.15, -0.1) is 0 Å². The summed E-state index contributed by atoms with van der Waals surface area (Å²) >= 11 is 0. The molecule has 0 aliphatic carbocycles. The molecular weight excluding hydrogens is 169 g/mol. The Balaban J connectivity index is 2.10. The second-order valence-corrected chi connectivity index (χ2v) is 3.00. The van der Waals surface area contributed by atoms with Crippen molar-refractivity contribution in [1.82, 2.24) is 10.3 Å². The number of anilines is 1. The van der Waals surface area contributed by atoms with Crippen LogP contribution in [-0.2, 0) is 0 Å². The van der Waals surface area contributed by atoms with Gasteiger partial charge in [0.2, 0.25) is 5.95 Å². The Hall–Kier alpha value is -1.16. The molecule has 0 atom stereocenters. The maximum absolute atomic E-state index is 12.5. The van der Waals surface area contributed by atoms with Crippen LogP contribution in [0.5, 0.6) is 0 Å². The van der Waals surface area contributed by atoms with Gasteiger partial charge in [-0.25, -0.2) is 10.3 Å². The third kappa shape index (κ3) is 1.95. The molecule has 4 heteroatoms. The van der Waals surface area contributed by atoms with Crippen molar-refractivity contribution >= 4 is 5.69 Å². The molecule has 1 aliphatic heterocycles. The highest BCUT2D eigenvalue weighted by molar-refractivity contribution is 5.44. The summed E-state index contributed by atoms with van der Waals surface area (Å²) in [4.78, 5) is 5.78. The van der Waals surface area contributed by atoms with Gasteiger partial charge in [0.15, 0.2) is 0 Å². The summed E-state index contributed by atoms with van der Waals surface area (Å²) in [7, 11) is 0. The first-order chi connectivity index (χ1) is 6.36. The molecule has 13 heavy (non-hydrogen) atoms. The van der Waals surface area contributed by atoms with Crippen molar-refractivity contribution in [2.24, 2.45) is 0 Å². The van der Waals surface area contributed by atoms with Gasteiger partial charge in [-0.05, 0) is 12.1 Å². The Kier molecular flexibility index (Phi) is 2.40. The molecule has 0 aromatic carbocycles. The highest BCUT2D eigenvalue weighted by atomic mass is 19.1. The van der Waals surface area contributed by atoms with Crippen LogP contribution in [-0.4, -0.2) is 31.2 Å². The van der Waals surface area contributed by atoms with E-state index < -0.39 is 5.95 Å². The lowest BCUT2D eigenvalue weighted by atomic mass is 10.3. The fraction of sp³-hybridized carbons (Fsp3) is 0.444. The monoisotopic (exact) mass is 180 g/mol. The van der Waals surface area contributed by atoms with E-state index in [2.05, 4.69) is 15.2 Å². The summed E-state index contributed by atoms with van der Waals surface area (Å²) in [5.41, 5.74) is 0.983. The number of aromatic nitrogens is 1. The van der Waals surface area contributed by atoms with E-state index in [9.17, 15) is 4.39 Å². The zero-order valence-electron chi connectivity index (χ0n) is 7.28. The molecule has 3 nitrogen and oxygen atoms in total. The number of hydrogen-bond acceptors (Lipinski definition) is 2. The van der Waals surface area contributed by atoms with Crippen molar-refractivity contribution in [3.63, 3.8) is 0 Å². The lowest BCUT2D eigenvalue weighted by Crippen LogP contribution is -2.40. The van der Waals surface area contributed by atoms with Crippen molar-refractivity contribution in [3.05, 3.63) is 24.3 Å². The van der Waals surface area contributed by atoms with E-state index in [1.54, 1.807) is 12.3 Å². The normalized spacial score (nSPS) is 17.5. The molecule has 0 spiro atoms. The Morgan fingerprint density at radius 3 is 2.62 bits per heavy atom. The highest BCUT2D eigenvalue weighted by Crippen LogP contribution is 2.12. The number of hydrogen-bond donors (Lipinski definition) is 0. The van der Waals surface area contributed by atoms with Crippen LogP contribution < -0.4 is 10.2 Å². The smallest absolute Gasteiger partial charge is 0.212 e. The molecule has 0 amide bonds. The van der Waals surface area contributed by atoms with Crippen LogP contribution in [0.15, 0.2) is 18.3 Å². The van der Waals surface area contributed by atoms with Gasteiger partial charge in [-0.1, -0.05) is 0 Å². The first-order valence-corrected chi connectivity index (χ1v) is 4.36. The average Bonchev–Trinajstić information content (AvgIpc) is 2.20. The molecule has 1 aromatic rings. The van der Waals surface area contributed by atoms with Crippen LogP contribution in [0.1, 0.15) is 0 Å². The zero-order chi connectivity index (χ0) is 9.10. The van der Waals surface area contributed by atoms with E-state index >= 15 is 0 Å². The topological polar surface area (TPSA) is 30.2 Å². The highest BCUT2D eigenvalue weighted by Gasteiger charge is 2.10. The predicted octanol–water partition coefficient (Wildman–Crippen LogP) is 0.645. The minimum atomic E-state index is -0.426. The molecule has 1 radical (unpaired) electrons. The molecule has 0 saturated carbocycles. The molecular formula is C9H11FN3. The Labute approximate surface area is 76.6 Å². The summed E-state index contributed by atoms with van der Waals surface area (Å²) in [6, 6.07) is 3.15. The van der Waals surface area contributed by atoms with Crippen molar-refractivity contribution in [1.29, 1.82) is 0 Å². The van der Waals surface area contributed by atoms with Gasteiger partial charge < -0.3 is 4.90 Å². The van der Waals surface area contributed by atoms with Gasteiger partial charge in [0.1, 0.15) is 0 Å². The molecule has 2 rings (SSSR count). The first kappa shape index (κ1) is 8.44. The SMILES string of the molecule is Fc1ccc(N2CC[N]CC2)cn1. The van der Waals surface area contributed by atoms with Crippen LogP contribution in [0.2, 0.25) is 0 Å². The average molecular weight is 180 g/mol. The van der Waals surface area contributed by atoms with Gasteiger partial charge in [-0.3, -0.25) is 0 Å². The second-order valence-electron chi connectivity index (χ2n) is 3.00. The third-order valence-electron chi connectivity index (χ3n) is 2.13. The van der Waals surface area contributed by atoms with Gasteiger partial charge in [0, 0.05) is 26.2 Å². The van der Waals surface area contributed by atoms with Crippen LogP contribution in [0, 0.1) is 5.95 Å². The molecule has 1 aliphatic rings. The summed E-state index contributed by atoms with van der Waals surface area (Å²) in [6.45, 7) is 3.54. The zero-order valence-corrected chi connectivity index (χ0v) is 7.28. The molecule has 1 aromatic heterocycles. The van der Waals surface area contributed by atoms with Gasteiger partial charge in [-0.2, -0.15) is 4.39 Å². The fourth-order valence-corrected chi connectivity index (χ4v) is 1.42. The number of rotatable bonds is 1. The largest absolute Gasteiger partial charge is 0.368 e. The quantitative estimate of drug-likeness (QED) is 0.594. The molecule has 1 saturated heterocycles. The summed E-state index contributed by atoms with van der Waals surface area (Å²) in [5, 5.41) is 4.23. The molecule has 0 bridgehead atoms. The maximum atomic E-state index is 12.5. The van der Waals surface area contributed by atoms with Crippen molar-refractivity contribution in [3.8, 4) is 0 Å². The van der Waals surface area contributed by atoms with Crippen molar-refractivity contribution < 1.29 is 4.39 Å². The predicted molar refractivity (Wildman–Crippen MR) is 48.3 cm³/mol. The first-order valence-electron chi connectivity index (χ1n) is 4.36. The number of halogens is 1. The van der Waals surface area contributed by atoms with Gasteiger partial charge >= 0.3 is 0 Å². The van der Waals surface area contributed by atoms with Crippen LogP contribution in [0.4, 0.5) is 10.1 Å². The fourth-order valence-electron chi connectivity index (χ4n) is 1.42. The minimum Gasteiger partial charge on any atom is -0.368 e. The number of nitrogens with zero attached hydrogens (tertiary/aromatic N) is 3. The summed E-state index contributed by atoms with van der Waals surface area (Å²) in [6.07, 6.45) is 1.57. The second kappa shape index (κ2) is 3.70.